The molecule has 42 heavy (non-hydrogen) atoms. The van der Waals surface area contributed by atoms with Crippen LogP contribution in [0.5, 0.6) is 0 Å². The molecule has 2 aromatic carbocycles. The predicted molar refractivity (Wildman–Crippen MR) is 173 cm³/mol. The average molecular weight is 596 g/mol. The van der Waals surface area contributed by atoms with E-state index in [2.05, 4.69) is 91.4 Å². The van der Waals surface area contributed by atoms with Crippen LogP contribution in [0.1, 0.15) is 73.6 Å². The van der Waals surface area contributed by atoms with Gasteiger partial charge in [0.1, 0.15) is 11.4 Å². The Hall–Kier alpha value is -4.21. The van der Waals surface area contributed by atoms with Crippen molar-refractivity contribution >= 4 is 44.8 Å². The van der Waals surface area contributed by atoms with Gasteiger partial charge in [-0.2, -0.15) is 0 Å². The van der Waals surface area contributed by atoms with Crippen molar-refractivity contribution in [3.63, 3.8) is 0 Å². The van der Waals surface area contributed by atoms with Gasteiger partial charge in [-0.1, -0.05) is 96.1 Å². The van der Waals surface area contributed by atoms with E-state index in [0.29, 0.717) is 10.3 Å². The molecule has 0 saturated heterocycles. The molecule has 0 bridgehead atoms. The fraction of sp³-hybridized carbons (Fsp3) is 0.242. The van der Waals surface area contributed by atoms with Crippen LogP contribution in [0, 0.1) is 0 Å². The Morgan fingerprint density at radius 2 is 0.952 bits per heavy atom. The van der Waals surface area contributed by atoms with Gasteiger partial charge in [0.2, 0.25) is 0 Å². The molecule has 5 rings (SSSR count). The number of hydrogen-bond acceptors (Lipinski definition) is 7. The number of nitrogens with zero attached hydrogens (tertiary/aromatic N) is 3. The fourth-order valence-electron chi connectivity index (χ4n) is 4.22. The number of amides is 2. The molecule has 2 amide bonds. The van der Waals surface area contributed by atoms with Crippen molar-refractivity contribution in [3.8, 4) is 22.5 Å². The molecule has 3 heterocycles. The van der Waals surface area contributed by atoms with E-state index < -0.39 is 11.8 Å². The van der Waals surface area contributed by atoms with Crippen LogP contribution < -0.4 is 10.6 Å². The van der Waals surface area contributed by atoms with Crippen molar-refractivity contribution in [3.05, 3.63) is 100 Å². The Kier molecular flexibility index (Phi) is 8.08. The lowest BCUT2D eigenvalue weighted by Crippen LogP contribution is -2.18. The topological polar surface area (TPSA) is 96.9 Å². The summed E-state index contributed by atoms with van der Waals surface area (Å²) in [7, 11) is 0. The Labute approximate surface area is 254 Å². The van der Waals surface area contributed by atoms with Crippen molar-refractivity contribution in [1.82, 2.24) is 15.0 Å². The van der Waals surface area contributed by atoms with Crippen LogP contribution in [0.25, 0.3) is 22.5 Å². The van der Waals surface area contributed by atoms with Crippen molar-refractivity contribution in [2.75, 3.05) is 10.6 Å². The van der Waals surface area contributed by atoms with Crippen molar-refractivity contribution in [2.45, 2.75) is 52.4 Å². The van der Waals surface area contributed by atoms with Gasteiger partial charge in [-0.3, -0.25) is 20.2 Å². The minimum atomic E-state index is -0.441. The molecule has 0 aliphatic heterocycles. The number of carbonyl (C=O) groups excluding carboxylic acids is 2. The van der Waals surface area contributed by atoms with E-state index in [1.807, 2.05) is 35.0 Å². The highest BCUT2D eigenvalue weighted by atomic mass is 32.1. The predicted octanol–water partition coefficient (Wildman–Crippen LogP) is 8.43. The SMILES string of the molecule is CC(C)(C)c1ccc(-c2csc(NC(=O)c3cccc(C(=O)Nc4nc(-c5ccc(C(C)(C)C)cc5)cs4)n3)n2)cc1. The Balaban J connectivity index is 1.23. The maximum atomic E-state index is 12.9. The first kappa shape index (κ1) is 29.3. The molecule has 0 aliphatic carbocycles. The number of benzene rings is 2. The van der Waals surface area contributed by atoms with E-state index in [0.717, 1.165) is 22.5 Å². The van der Waals surface area contributed by atoms with Gasteiger partial charge < -0.3 is 0 Å². The standard InChI is InChI=1S/C33H33N5O2S2/c1-32(2,3)22-14-10-20(11-15-22)26-18-41-30(35-26)37-28(39)24-8-7-9-25(34-24)29(40)38-31-36-27(19-42-31)21-12-16-23(17-13-21)33(4,5)6/h7-19H,1-6H3,(H,35,37,39)(H,36,38,40). The number of pyridine rings is 1. The minimum absolute atomic E-state index is 0.0698. The Morgan fingerprint density at radius 1 is 0.571 bits per heavy atom. The molecule has 0 radical (unpaired) electrons. The quantitative estimate of drug-likeness (QED) is 0.205. The van der Waals surface area contributed by atoms with Crippen molar-refractivity contribution in [1.29, 1.82) is 0 Å². The summed E-state index contributed by atoms with van der Waals surface area (Å²) in [6.45, 7) is 13.0. The number of anilines is 2. The van der Waals surface area contributed by atoms with Crippen LogP contribution in [0.2, 0.25) is 0 Å². The van der Waals surface area contributed by atoms with Gasteiger partial charge in [0, 0.05) is 21.9 Å². The largest absolute Gasteiger partial charge is 0.296 e. The summed E-state index contributed by atoms with van der Waals surface area (Å²) >= 11 is 2.67. The highest BCUT2D eigenvalue weighted by Crippen LogP contribution is 2.30. The number of carbonyl (C=O) groups is 2. The molecule has 0 aliphatic rings. The molecular formula is C33H33N5O2S2. The molecule has 214 valence electrons. The summed E-state index contributed by atoms with van der Waals surface area (Å²) in [4.78, 5) is 39.3. The fourth-order valence-corrected chi connectivity index (χ4v) is 5.65. The second-order valence-electron chi connectivity index (χ2n) is 12.0. The van der Waals surface area contributed by atoms with Crippen LogP contribution >= 0.6 is 22.7 Å². The lowest BCUT2D eigenvalue weighted by molar-refractivity contribution is 0.101. The number of aromatic nitrogens is 3. The van der Waals surface area contributed by atoms with E-state index in [1.54, 1.807) is 18.2 Å². The zero-order valence-electron chi connectivity index (χ0n) is 24.5. The van der Waals surface area contributed by atoms with E-state index in [1.165, 1.54) is 33.8 Å². The summed E-state index contributed by atoms with van der Waals surface area (Å²) in [6.07, 6.45) is 0. The van der Waals surface area contributed by atoms with Gasteiger partial charge in [-0.25, -0.2) is 15.0 Å². The molecule has 0 unspecified atom stereocenters. The normalized spacial score (nSPS) is 11.8. The first-order valence-electron chi connectivity index (χ1n) is 13.6. The molecule has 7 nitrogen and oxygen atoms in total. The summed E-state index contributed by atoms with van der Waals surface area (Å²) in [5, 5.41) is 10.3. The zero-order valence-corrected chi connectivity index (χ0v) is 26.1. The molecule has 5 aromatic rings. The third-order valence-electron chi connectivity index (χ3n) is 6.76. The lowest BCUT2D eigenvalue weighted by Gasteiger charge is -2.18. The third kappa shape index (κ3) is 6.80. The molecular weight excluding hydrogens is 563 g/mol. The van der Waals surface area contributed by atoms with Gasteiger partial charge in [0.05, 0.1) is 11.4 Å². The van der Waals surface area contributed by atoms with Crippen LogP contribution in [-0.4, -0.2) is 26.8 Å². The van der Waals surface area contributed by atoms with Crippen LogP contribution in [0.15, 0.2) is 77.5 Å². The average Bonchev–Trinajstić information content (AvgIpc) is 3.62. The van der Waals surface area contributed by atoms with Crippen LogP contribution in [0.3, 0.4) is 0 Å². The van der Waals surface area contributed by atoms with Gasteiger partial charge in [0.25, 0.3) is 11.8 Å². The highest BCUT2D eigenvalue weighted by molar-refractivity contribution is 7.14. The molecule has 2 N–H and O–H groups in total. The zero-order chi connectivity index (χ0) is 30.1. The summed E-state index contributed by atoms with van der Waals surface area (Å²) < 4.78 is 0. The Bertz CT molecular complexity index is 1600. The maximum Gasteiger partial charge on any atom is 0.276 e. The number of hydrogen-bond donors (Lipinski definition) is 2. The molecule has 0 fully saturated rings. The molecule has 0 saturated carbocycles. The third-order valence-corrected chi connectivity index (χ3v) is 8.27. The van der Waals surface area contributed by atoms with Gasteiger partial charge in [-0.05, 0) is 34.1 Å². The summed E-state index contributed by atoms with van der Waals surface area (Å²) in [5.74, 6) is -0.882. The number of rotatable bonds is 6. The van der Waals surface area contributed by atoms with Crippen LogP contribution in [0.4, 0.5) is 10.3 Å². The summed E-state index contributed by atoms with van der Waals surface area (Å²) in [5.41, 5.74) is 6.38. The minimum Gasteiger partial charge on any atom is -0.296 e. The first-order valence-corrected chi connectivity index (χ1v) is 15.4. The van der Waals surface area contributed by atoms with E-state index >= 15 is 0 Å². The first-order chi connectivity index (χ1) is 19.9. The molecule has 0 spiro atoms. The van der Waals surface area contributed by atoms with Crippen LogP contribution in [-0.2, 0) is 10.8 Å². The van der Waals surface area contributed by atoms with Gasteiger partial charge >= 0.3 is 0 Å². The van der Waals surface area contributed by atoms with Gasteiger partial charge in [0.15, 0.2) is 10.3 Å². The van der Waals surface area contributed by atoms with E-state index in [-0.39, 0.29) is 22.2 Å². The van der Waals surface area contributed by atoms with E-state index in [9.17, 15) is 9.59 Å². The highest BCUT2D eigenvalue weighted by Gasteiger charge is 2.18. The number of thiazole rings is 2. The second-order valence-corrected chi connectivity index (χ2v) is 13.8. The van der Waals surface area contributed by atoms with Crippen molar-refractivity contribution in [2.24, 2.45) is 0 Å². The Morgan fingerprint density at radius 3 is 1.31 bits per heavy atom. The second kappa shape index (κ2) is 11.6. The molecule has 9 heteroatoms. The number of nitrogens with one attached hydrogen (secondary N) is 2. The lowest BCUT2D eigenvalue weighted by atomic mass is 9.86. The summed E-state index contributed by atoms with van der Waals surface area (Å²) in [6, 6.07) is 21.3. The van der Waals surface area contributed by atoms with E-state index in [4.69, 9.17) is 0 Å². The molecule has 0 atom stereocenters. The smallest absolute Gasteiger partial charge is 0.276 e. The monoisotopic (exact) mass is 595 g/mol. The molecule has 3 aromatic heterocycles. The maximum absolute atomic E-state index is 12.9. The van der Waals surface area contributed by atoms with Gasteiger partial charge in [-0.15, -0.1) is 22.7 Å². The van der Waals surface area contributed by atoms with Crippen molar-refractivity contribution < 1.29 is 9.59 Å².